The number of ether oxygens (including phenoxy) is 1. The number of hydrogen-bond acceptors (Lipinski definition) is 5. The van der Waals surface area contributed by atoms with Crippen molar-refractivity contribution < 1.29 is 19.1 Å². The summed E-state index contributed by atoms with van der Waals surface area (Å²) >= 11 is 0. The molecule has 5 nitrogen and oxygen atoms in total. The van der Waals surface area contributed by atoms with Crippen molar-refractivity contribution in [3.8, 4) is 0 Å². The number of esters is 1. The Morgan fingerprint density at radius 2 is 2.12 bits per heavy atom. The Bertz CT molecular complexity index is 359. The number of hydrogen-bond donors (Lipinski definition) is 2. The zero-order valence-electron chi connectivity index (χ0n) is 10.4. The van der Waals surface area contributed by atoms with Crippen LogP contribution >= 0.6 is 0 Å². The van der Waals surface area contributed by atoms with E-state index >= 15 is 0 Å². The van der Waals surface area contributed by atoms with Gasteiger partial charge in [0.1, 0.15) is 24.2 Å². The Morgan fingerprint density at radius 3 is 2.59 bits per heavy atom. The number of aliphatic hydroxyl groups is 1. The molecule has 2 N–H and O–H groups in total. The van der Waals surface area contributed by atoms with E-state index in [0.717, 1.165) is 0 Å². The van der Waals surface area contributed by atoms with Crippen LogP contribution in [0, 0.1) is 5.92 Å². The standard InChI is InChI=1S/C12H19NO4/c1-8(2)11(12(15)16-3)13-6-9-4-5-10(7-14)17-9/h4-5,8,11,13-14H,6-7H2,1-3H3. The maximum atomic E-state index is 11.5. The highest BCUT2D eigenvalue weighted by molar-refractivity contribution is 5.75. The van der Waals surface area contributed by atoms with Crippen LogP contribution in [-0.4, -0.2) is 24.2 Å². The summed E-state index contributed by atoms with van der Waals surface area (Å²) < 4.78 is 10.0. The fourth-order valence-corrected chi connectivity index (χ4v) is 1.53. The molecular weight excluding hydrogens is 222 g/mol. The fourth-order valence-electron chi connectivity index (χ4n) is 1.53. The van der Waals surface area contributed by atoms with Gasteiger partial charge in [-0.25, -0.2) is 0 Å². The third-order valence-corrected chi connectivity index (χ3v) is 2.49. The molecule has 0 saturated heterocycles. The van der Waals surface area contributed by atoms with E-state index in [1.807, 2.05) is 13.8 Å². The van der Waals surface area contributed by atoms with Crippen LogP contribution in [0.25, 0.3) is 0 Å². The molecule has 0 spiro atoms. The van der Waals surface area contributed by atoms with E-state index in [9.17, 15) is 4.79 Å². The number of methoxy groups -OCH3 is 1. The Balaban J connectivity index is 2.54. The fraction of sp³-hybridized carbons (Fsp3) is 0.583. The molecule has 1 unspecified atom stereocenters. The summed E-state index contributed by atoms with van der Waals surface area (Å²) in [6.07, 6.45) is 0. The first-order valence-electron chi connectivity index (χ1n) is 5.58. The molecule has 1 aromatic rings. The molecule has 0 saturated carbocycles. The number of rotatable bonds is 6. The van der Waals surface area contributed by atoms with Gasteiger partial charge >= 0.3 is 5.97 Å². The Labute approximate surface area is 101 Å². The quantitative estimate of drug-likeness (QED) is 0.729. The third-order valence-electron chi connectivity index (χ3n) is 2.49. The van der Waals surface area contributed by atoms with Gasteiger partial charge in [0.2, 0.25) is 0 Å². The van der Waals surface area contributed by atoms with Gasteiger partial charge in [0, 0.05) is 0 Å². The van der Waals surface area contributed by atoms with Gasteiger partial charge in [0.15, 0.2) is 0 Å². The molecule has 0 aliphatic heterocycles. The monoisotopic (exact) mass is 241 g/mol. The second-order valence-corrected chi connectivity index (χ2v) is 4.15. The van der Waals surface area contributed by atoms with E-state index in [-0.39, 0.29) is 24.5 Å². The van der Waals surface area contributed by atoms with Crippen molar-refractivity contribution in [2.45, 2.75) is 33.0 Å². The normalized spacial score (nSPS) is 12.8. The molecule has 96 valence electrons. The van der Waals surface area contributed by atoms with Crippen LogP contribution in [0.2, 0.25) is 0 Å². The van der Waals surface area contributed by atoms with Crippen LogP contribution in [0.15, 0.2) is 16.5 Å². The molecule has 0 aliphatic carbocycles. The second kappa shape index (κ2) is 6.42. The molecule has 0 fully saturated rings. The number of nitrogens with one attached hydrogen (secondary N) is 1. The minimum absolute atomic E-state index is 0.120. The summed E-state index contributed by atoms with van der Waals surface area (Å²) in [6, 6.07) is 3.12. The number of carbonyl (C=O) groups excluding carboxylic acids is 1. The average Bonchev–Trinajstić information content (AvgIpc) is 2.76. The summed E-state index contributed by atoms with van der Waals surface area (Å²) in [7, 11) is 1.37. The molecular formula is C12H19NO4. The van der Waals surface area contributed by atoms with Crippen LogP contribution in [0.1, 0.15) is 25.4 Å². The minimum Gasteiger partial charge on any atom is -0.468 e. The van der Waals surface area contributed by atoms with Crippen LogP contribution in [0.5, 0.6) is 0 Å². The van der Waals surface area contributed by atoms with Crippen molar-refractivity contribution in [3.05, 3.63) is 23.7 Å². The first-order chi connectivity index (χ1) is 8.08. The molecule has 17 heavy (non-hydrogen) atoms. The first kappa shape index (κ1) is 13.7. The van der Waals surface area contributed by atoms with Crippen LogP contribution < -0.4 is 5.32 Å². The van der Waals surface area contributed by atoms with E-state index in [2.05, 4.69) is 5.32 Å². The molecule has 1 atom stereocenters. The second-order valence-electron chi connectivity index (χ2n) is 4.15. The Morgan fingerprint density at radius 1 is 1.47 bits per heavy atom. The van der Waals surface area contributed by atoms with E-state index < -0.39 is 0 Å². The van der Waals surface area contributed by atoms with Gasteiger partial charge < -0.3 is 14.3 Å². The lowest BCUT2D eigenvalue weighted by molar-refractivity contribution is -0.144. The van der Waals surface area contributed by atoms with Gasteiger partial charge in [-0.15, -0.1) is 0 Å². The van der Waals surface area contributed by atoms with Gasteiger partial charge in [-0.1, -0.05) is 13.8 Å². The van der Waals surface area contributed by atoms with Crippen LogP contribution in [0.4, 0.5) is 0 Å². The lowest BCUT2D eigenvalue weighted by atomic mass is 10.0. The summed E-state index contributed by atoms with van der Waals surface area (Å²) in [5.41, 5.74) is 0. The number of furan rings is 1. The summed E-state index contributed by atoms with van der Waals surface area (Å²) in [6.45, 7) is 4.19. The predicted octanol–water partition coefficient (Wildman–Crippen LogP) is 1.06. The maximum absolute atomic E-state index is 11.5. The molecule has 1 aromatic heterocycles. The lowest BCUT2D eigenvalue weighted by Gasteiger charge is -2.19. The Kier molecular flexibility index (Phi) is 5.18. The molecule has 0 aliphatic rings. The number of aliphatic hydroxyl groups excluding tert-OH is 1. The van der Waals surface area contributed by atoms with Crippen molar-refractivity contribution in [3.63, 3.8) is 0 Å². The van der Waals surface area contributed by atoms with Gasteiger partial charge in [0.05, 0.1) is 13.7 Å². The minimum atomic E-state index is -0.359. The highest BCUT2D eigenvalue weighted by Gasteiger charge is 2.22. The van der Waals surface area contributed by atoms with E-state index in [0.29, 0.717) is 18.1 Å². The van der Waals surface area contributed by atoms with Gasteiger partial charge in [0.25, 0.3) is 0 Å². The Hall–Kier alpha value is -1.33. The van der Waals surface area contributed by atoms with Gasteiger partial charge in [-0.05, 0) is 18.1 Å². The molecule has 1 rings (SSSR count). The molecule has 0 bridgehead atoms. The zero-order valence-corrected chi connectivity index (χ0v) is 10.4. The molecule has 5 heteroatoms. The largest absolute Gasteiger partial charge is 0.468 e. The van der Waals surface area contributed by atoms with E-state index in [4.69, 9.17) is 14.3 Å². The van der Waals surface area contributed by atoms with Gasteiger partial charge in [-0.3, -0.25) is 10.1 Å². The average molecular weight is 241 g/mol. The zero-order chi connectivity index (χ0) is 12.8. The van der Waals surface area contributed by atoms with E-state index in [1.165, 1.54) is 7.11 Å². The van der Waals surface area contributed by atoms with E-state index in [1.54, 1.807) is 12.1 Å². The van der Waals surface area contributed by atoms with Crippen molar-refractivity contribution in [1.82, 2.24) is 5.32 Å². The number of carbonyl (C=O) groups is 1. The van der Waals surface area contributed by atoms with Gasteiger partial charge in [-0.2, -0.15) is 0 Å². The highest BCUT2D eigenvalue weighted by Crippen LogP contribution is 2.09. The first-order valence-corrected chi connectivity index (χ1v) is 5.58. The summed E-state index contributed by atoms with van der Waals surface area (Å²) in [5, 5.41) is 11.9. The van der Waals surface area contributed by atoms with Crippen LogP contribution in [-0.2, 0) is 22.7 Å². The lowest BCUT2D eigenvalue weighted by Crippen LogP contribution is -2.41. The van der Waals surface area contributed by atoms with Crippen LogP contribution in [0.3, 0.4) is 0 Å². The summed E-state index contributed by atoms with van der Waals surface area (Å²) in [5.74, 6) is 1.05. The predicted molar refractivity (Wildman–Crippen MR) is 62.1 cm³/mol. The molecule has 0 amide bonds. The third kappa shape index (κ3) is 3.87. The maximum Gasteiger partial charge on any atom is 0.323 e. The van der Waals surface area contributed by atoms with Crippen molar-refractivity contribution in [2.75, 3.05) is 7.11 Å². The topological polar surface area (TPSA) is 71.7 Å². The van der Waals surface area contributed by atoms with Crippen molar-refractivity contribution >= 4 is 5.97 Å². The highest BCUT2D eigenvalue weighted by atomic mass is 16.5. The SMILES string of the molecule is COC(=O)C(NCc1ccc(CO)o1)C(C)C. The summed E-state index contributed by atoms with van der Waals surface area (Å²) in [4.78, 5) is 11.5. The molecule has 1 heterocycles. The van der Waals surface area contributed by atoms with Crippen molar-refractivity contribution in [2.24, 2.45) is 5.92 Å². The van der Waals surface area contributed by atoms with Crippen molar-refractivity contribution in [1.29, 1.82) is 0 Å². The molecule has 0 aromatic carbocycles. The molecule has 0 radical (unpaired) electrons. The smallest absolute Gasteiger partial charge is 0.323 e.